The molecular formula is C7H12N2O3. The lowest BCUT2D eigenvalue weighted by molar-refractivity contribution is -0.123. The smallest absolute Gasteiger partial charge is 0.279 e. The average Bonchev–Trinajstić information content (AvgIpc) is 1.98. The number of carbonyl (C=O) groups is 2. The van der Waals surface area contributed by atoms with E-state index in [1.165, 1.54) is 33.0 Å². The standard InChI is InChI=1S/C7H12N2O3/c1-5(10)6(8-12-4)7(11)9(2)3/h1-4H3/b8-6-. The lowest BCUT2D eigenvalue weighted by Gasteiger charge is -2.08. The Bertz CT molecular complexity index is 221. The fourth-order valence-electron chi connectivity index (χ4n) is 0.557. The molecule has 5 heteroatoms. The van der Waals surface area contributed by atoms with E-state index in [1.54, 1.807) is 0 Å². The second kappa shape index (κ2) is 4.48. The molecule has 0 atom stereocenters. The van der Waals surface area contributed by atoms with Gasteiger partial charge in [-0.1, -0.05) is 5.16 Å². The molecule has 0 rings (SSSR count). The number of hydrogen-bond acceptors (Lipinski definition) is 4. The molecule has 0 aliphatic heterocycles. The second-order valence-corrected chi connectivity index (χ2v) is 2.38. The third kappa shape index (κ3) is 2.69. The highest BCUT2D eigenvalue weighted by Gasteiger charge is 2.18. The minimum atomic E-state index is -0.454. The van der Waals surface area contributed by atoms with Crippen LogP contribution in [0.3, 0.4) is 0 Å². The number of oxime groups is 1. The fourth-order valence-corrected chi connectivity index (χ4v) is 0.557. The van der Waals surface area contributed by atoms with Crippen LogP contribution in [0.4, 0.5) is 0 Å². The molecule has 0 aliphatic carbocycles. The van der Waals surface area contributed by atoms with E-state index in [0.29, 0.717) is 0 Å². The molecular weight excluding hydrogens is 160 g/mol. The third-order valence-electron chi connectivity index (χ3n) is 1.12. The van der Waals surface area contributed by atoms with Gasteiger partial charge in [0.1, 0.15) is 7.11 Å². The third-order valence-corrected chi connectivity index (χ3v) is 1.12. The lowest BCUT2D eigenvalue weighted by Crippen LogP contribution is -2.34. The number of nitrogens with zero attached hydrogens (tertiary/aromatic N) is 2. The first-order chi connectivity index (χ1) is 5.50. The zero-order valence-electron chi connectivity index (χ0n) is 7.62. The van der Waals surface area contributed by atoms with Gasteiger partial charge < -0.3 is 9.74 Å². The molecule has 0 N–H and O–H groups in total. The van der Waals surface area contributed by atoms with Crippen molar-refractivity contribution in [3.63, 3.8) is 0 Å². The molecule has 0 bridgehead atoms. The van der Waals surface area contributed by atoms with Gasteiger partial charge in [0.2, 0.25) is 5.71 Å². The summed E-state index contributed by atoms with van der Waals surface area (Å²) in [6, 6.07) is 0. The summed E-state index contributed by atoms with van der Waals surface area (Å²) in [4.78, 5) is 27.6. The zero-order valence-corrected chi connectivity index (χ0v) is 7.62. The van der Waals surface area contributed by atoms with Gasteiger partial charge in [-0.15, -0.1) is 0 Å². The Morgan fingerprint density at radius 3 is 2.08 bits per heavy atom. The molecule has 0 aliphatic rings. The molecule has 0 aromatic carbocycles. The Balaban J connectivity index is 4.65. The maximum atomic E-state index is 11.2. The number of hydrogen-bond donors (Lipinski definition) is 0. The number of amides is 1. The van der Waals surface area contributed by atoms with E-state index in [2.05, 4.69) is 9.99 Å². The van der Waals surface area contributed by atoms with Crippen molar-refractivity contribution >= 4 is 17.4 Å². The van der Waals surface area contributed by atoms with Crippen LogP contribution in [0, 0.1) is 0 Å². The molecule has 0 spiro atoms. The molecule has 0 radical (unpaired) electrons. The Morgan fingerprint density at radius 2 is 1.83 bits per heavy atom. The van der Waals surface area contributed by atoms with Crippen molar-refractivity contribution in [3.05, 3.63) is 0 Å². The van der Waals surface area contributed by atoms with Crippen molar-refractivity contribution in [2.24, 2.45) is 5.16 Å². The van der Waals surface area contributed by atoms with Crippen LogP contribution in [0.25, 0.3) is 0 Å². The molecule has 0 saturated carbocycles. The Kier molecular flexibility index (Phi) is 3.96. The topological polar surface area (TPSA) is 59.0 Å². The number of Topliss-reactive ketones (excluding diaryl/α,β-unsaturated/α-hetero) is 1. The van der Waals surface area contributed by atoms with Crippen LogP contribution >= 0.6 is 0 Å². The quantitative estimate of drug-likeness (QED) is 0.332. The summed E-state index contributed by atoms with van der Waals surface area (Å²) in [6.07, 6.45) is 0. The van der Waals surface area contributed by atoms with Gasteiger partial charge in [0.25, 0.3) is 5.91 Å². The highest BCUT2D eigenvalue weighted by Crippen LogP contribution is 1.88. The highest BCUT2D eigenvalue weighted by atomic mass is 16.6. The van der Waals surface area contributed by atoms with Crippen molar-refractivity contribution < 1.29 is 14.4 Å². The van der Waals surface area contributed by atoms with E-state index >= 15 is 0 Å². The first-order valence-electron chi connectivity index (χ1n) is 3.34. The van der Waals surface area contributed by atoms with E-state index < -0.39 is 11.7 Å². The zero-order chi connectivity index (χ0) is 9.72. The summed E-state index contributed by atoms with van der Waals surface area (Å²) in [7, 11) is 4.36. The van der Waals surface area contributed by atoms with E-state index in [9.17, 15) is 9.59 Å². The van der Waals surface area contributed by atoms with Crippen LogP contribution in [0.1, 0.15) is 6.92 Å². The highest BCUT2D eigenvalue weighted by molar-refractivity contribution is 6.64. The number of carbonyl (C=O) groups excluding carboxylic acids is 2. The average molecular weight is 172 g/mol. The Labute approximate surface area is 71.0 Å². The largest absolute Gasteiger partial charge is 0.398 e. The van der Waals surface area contributed by atoms with Gasteiger partial charge in [0.15, 0.2) is 5.78 Å². The van der Waals surface area contributed by atoms with Gasteiger partial charge in [-0.25, -0.2) is 0 Å². The maximum absolute atomic E-state index is 11.2. The van der Waals surface area contributed by atoms with E-state index in [0.717, 1.165) is 0 Å². The fraction of sp³-hybridized carbons (Fsp3) is 0.571. The summed E-state index contributed by atoms with van der Waals surface area (Å²) >= 11 is 0. The molecule has 0 aromatic rings. The lowest BCUT2D eigenvalue weighted by atomic mass is 10.2. The minimum Gasteiger partial charge on any atom is -0.398 e. The van der Waals surface area contributed by atoms with Crippen molar-refractivity contribution in [1.29, 1.82) is 0 Å². The van der Waals surface area contributed by atoms with Crippen LogP contribution in [-0.4, -0.2) is 43.5 Å². The van der Waals surface area contributed by atoms with Crippen molar-refractivity contribution in [2.75, 3.05) is 21.2 Å². The summed E-state index contributed by atoms with van der Waals surface area (Å²) in [5, 5.41) is 3.32. The Hall–Kier alpha value is -1.39. The van der Waals surface area contributed by atoms with Crippen LogP contribution in [0.15, 0.2) is 5.16 Å². The van der Waals surface area contributed by atoms with E-state index in [4.69, 9.17) is 0 Å². The van der Waals surface area contributed by atoms with Gasteiger partial charge in [-0.05, 0) is 0 Å². The molecule has 0 heterocycles. The van der Waals surface area contributed by atoms with Gasteiger partial charge in [-0.3, -0.25) is 9.59 Å². The molecule has 0 aromatic heterocycles. The first kappa shape index (κ1) is 10.6. The molecule has 68 valence electrons. The summed E-state index contributed by atoms with van der Waals surface area (Å²) in [6.45, 7) is 1.26. The summed E-state index contributed by atoms with van der Waals surface area (Å²) in [5.74, 6) is -0.861. The molecule has 1 amide bonds. The number of rotatable bonds is 3. The molecule has 12 heavy (non-hydrogen) atoms. The summed E-state index contributed by atoms with van der Waals surface area (Å²) in [5.41, 5.74) is -0.192. The van der Waals surface area contributed by atoms with Gasteiger partial charge >= 0.3 is 0 Å². The van der Waals surface area contributed by atoms with E-state index in [1.807, 2.05) is 0 Å². The van der Waals surface area contributed by atoms with Crippen molar-refractivity contribution in [1.82, 2.24) is 4.90 Å². The van der Waals surface area contributed by atoms with Crippen LogP contribution < -0.4 is 0 Å². The van der Waals surface area contributed by atoms with Crippen LogP contribution in [-0.2, 0) is 14.4 Å². The van der Waals surface area contributed by atoms with Crippen LogP contribution in [0.2, 0.25) is 0 Å². The van der Waals surface area contributed by atoms with Gasteiger partial charge in [0, 0.05) is 21.0 Å². The molecule has 0 unspecified atom stereocenters. The van der Waals surface area contributed by atoms with Crippen molar-refractivity contribution in [3.8, 4) is 0 Å². The Morgan fingerprint density at radius 1 is 1.33 bits per heavy atom. The molecule has 0 saturated heterocycles. The predicted molar refractivity (Wildman–Crippen MR) is 43.8 cm³/mol. The van der Waals surface area contributed by atoms with E-state index in [-0.39, 0.29) is 5.71 Å². The molecule has 5 nitrogen and oxygen atoms in total. The van der Waals surface area contributed by atoms with Crippen LogP contribution in [0.5, 0.6) is 0 Å². The first-order valence-corrected chi connectivity index (χ1v) is 3.34. The van der Waals surface area contributed by atoms with Crippen molar-refractivity contribution in [2.45, 2.75) is 6.92 Å². The monoisotopic (exact) mass is 172 g/mol. The normalized spacial score (nSPS) is 10.8. The maximum Gasteiger partial charge on any atom is 0.279 e. The predicted octanol–water partition coefficient (Wildman–Crippen LogP) is -0.334. The molecule has 0 fully saturated rings. The SMILES string of the molecule is CO/N=C(/C(C)=O)C(=O)N(C)C. The summed E-state index contributed by atoms with van der Waals surface area (Å²) < 4.78 is 0. The second-order valence-electron chi connectivity index (χ2n) is 2.38. The number of ketones is 1. The minimum absolute atomic E-state index is 0.192. The van der Waals surface area contributed by atoms with Gasteiger partial charge in [-0.2, -0.15) is 0 Å². The van der Waals surface area contributed by atoms with Gasteiger partial charge in [0.05, 0.1) is 0 Å².